The van der Waals surface area contributed by atoms with E-state index in [4.69, 9.17) is 11.6 Å². The predicted octanol–water partition coefficient (Wildman–Crippen LogP) is 3.15. The van der Waals surface area contributed by atoms with Gasteiger partial charge in [-0.3, -0.25) is 10.1 Å². The zero-order valence-electron chi connectivity index (χ0n) is 16.7. The summed E-state index contributed by atoms with van der Waals surface area (Å²) in [6.07, 6.45) is 7.23. The lowest BCUT2D eigenvalue weighted by molar-refractivity contribution is -0.710. The molecule has 0 spiro atoms. The van der Waals surface area contributed by atoms with Crippen LogP contribution in [-0.2, 0) is 4.79 Å². The van der Waals surface area contributed by atoms with Gasteiger partial charge in [0.2, 0.25) is 0 Å². The van der Waals surface area contributed by atoms with E-state index < -0.39 is 0 Å². The molecule has 4 fully saturated rings. The number of nitrogens with two attached hydrogens (primary N) is 1. The molecule has 5 rings (SSSR count). The third kappa shape index (κ3) is 4.20. The summed E-state index contributed by atoms with van der Waals surface area (Å²) in [5.41, 5.74) is 1.02. The summed E-state index contributed by atoms with van der Waals surface area (Å²) in [6.45, 7) is 3.88. The maximum Gasteiger partial charge on any atom is 0.322 e. The van der Waals surface area contributed by atoms with Gasteiger partial charge in [0.05, 0.1) is 0 Å². The van der Waals surface area contributed by atoms with E-state index >= 15 is 0 Å². The van der Waals surface area contributed by atoms with E-state index in [2.05, 4.69) is 10.6 Å². The number of hydrogen-bond acceptors (Lipinski definition) is 2. The largest absolute Gasteiger partial charge is 0.332 e. The first-order valence-electron chi connectivity index (χ1n) is 10.6. The third-order valence-electron chi connectivity index (χ3n) is 7.04. The Morgan fingerprint density at radius 3 is 2.11 bits per heavy atom. The van der Waals surface area contributed by atoms with Gasteiger partial charge in [-0.15, -0.1) is 0 Å². The lowest BCUT2D eigenvalue weighted by Gasteiger charge is -2.56. The van der Waals surface area contributed by atoms with Crippen LogP contribution in [0.3, 0.4) is 0 Å². The lowest BCUT2D eigenvalue weighted by atomic mass is 9.53. The van der Waals surface area contributed by atoms with E-state index in [1.807, 2.05) is 43.4 Å². The minimum Gasteiger partial charge on any atom is -0.332 e. The number of carbonyl (C=O) groups excluding carboxylic acids is 2. The highest BCUT2D eigenvalue weighted by atomic mass is 35.5. The first kappa shape index (κ1) is 19.7. The summed E-state index contributed by atoms with van der Waals surface area (Å²) in [5.74, 6) is 2.03. The Kier molecular flexibility index (Phi) is 5.41. The number of nitrogens with one attached hydrogen (secondary N) is 2. The molecule has 0 heterocycles. The van der Waals surface area contributed by atoms with Gasteiger partial charge in [-0.05, 0) is 82.3 Å². The van der Waals surface area contributed by atoms with Crippen LogP contribution < -0.4 is 16.0 Å². The van der Waals surface area contributed by atoms with Crippen molar-refractivity contribution in [2.24, 2.45) is 17.8 Å². The number of imide groups is 1. The molecule has 0 radical (unpaired) electrons. The monoisotopic (exact) mass is 404 g/mol. The maximum absolute atomic E-state index is 12.6. The molecule has 6 heteroatoms. The quantitative estimate of drug-likeness (QED) is 0.705. The lowest BCUT2D eigenvalue weighted by Crippen LogP contribution is -2.92. The normalized spacial score (nSPS) is 32.6. The molecule has 1 aromatic rings. The Labute approximate surface area is 172 Å². The molecule has 3 amide bonds. The molecule has 2 atom stereocenters. The Bertz CT molecular complexity index is 713. The fraction of sp³-hybridized carbons (Fsp3) is 0.636. The second-order valence-corrected chi connectivity index (χ2v) is 9.90. The number of rotatable bonds is 5. The van der Waals surface area contributed by atoms with E-state index in [1.54, 1.807) is 0 Å². The molecule has 0 saturated heterocycles. The molecule has 0 unspecified atom stereocenters. The van der Waals surface area contributed by atoms with Crippen LogP contribution in [-0.4, -0.2) is 23.5 Å². The Morgan fingerprint density at radius 2 is 1.57 bits per heavy atom. The molecule has 4 N–H and O–H groups in total. The van der Waals surface area contributed by atoms with Gasteiger partial charge in [-0.25, -0.2) is 4.79 Å². The first-order valence-corrected chi connectivity index (χ1v) is 10.9. The summed E-state index contributed by atoms with van der Waals surface area (Å²) in [6, 6.07) is 7.06. The van der Waals surface area contributed by atoms with Crippen molar-refractivity contribution in [3.8, 4) is 0 Å². The van der Waals surface area contributed by atoms with Gasteiger partial charge in [0.15, 0.2) is 6.04 Å². The second-order valence-electron chi connectivity index (χ2n) is 9.46. The maximum atomic E-state index is 12.6. The van der Waals surface area contributed by atoms with Gasteiger partial charge >= 0.3 is 6.03 Å². The number of quaternary nitrogens is 1. The van der Waals surface area contributed by atoms with Crippen molar-refractivity contribution in [1.29, 1.82) is 0 Å². The molecule has 152 valence electrons. The number of urea groups is 1. The molecule has 1 aromatic carbocycles. The van der Waals surface area contributed by atoms with Crippen LogP contribution in [0.25, 0.3) is 0 Å². The fourth-order valence-corrected chi connectivity index (χ4v) is 6.29. The van der Waals surface area contributed by atoms with Crippen LogP contribution >= 0.6 is 11.6 Å². The Hall–Kier alpha value is -1.59. The van der Waals surface area contributed by atoms with E-state index in [1.165, 1.54) is 19.3 Å². The number of benzene rings is 1. The molecule has 0 aliphatic heterocycles. The van der Waals surface area contributed by atoms with Crippen molar-refractivity contribution < 1.29 is 14.9 Å². The van der Waals surface area contributed by atoms with Crippen molar-refractivity contribution in [3.05, 3.63) is 34.9 Å². The number of halogens is 1. The highest BCUT2D eigenvalue weighted by molar-refractivity contribution is 6.30. The van der Waals surface area contributed by atoms with E-state index in [0.717, 1.165) is 42.6 Å². The molecular weight excluding hydrogens is 374 g/mol. The van der Waals surface area contributed by atoms with Crippen molar-refractivity contribution >= 4 is 23.5 Å². The second kappa shape index (κ2) is 7.68. The summed E-state index contributed by atoms with van der Waals surface area (Å²) >= 11 is 5.94. The fourth-order valence-electron chi connectivity index (χ4n) is 6.16. The molecule has 28 heavy (non-hydrogen) atoms. The van der Waals surface area contributed by atoms with E-state index in [0.29, 0.717) is 5.02 Å². The highest BCUT2D eigenvalue weighted by Gasteiger charge is 2.51. The van der Waals surface area contributed by atoms with Crippen LogP contribution in [0.4, 0.5) is 4.79 Å². The van der Waals surface area contributed by atoms with Gasteiger partial charge in [0.1, 0.15) is 6.04 Å². The summed E-state index contributed by atoms with van der Waals surface area (Å²) in [7, 11) is 0. The van der Waals surface area contributed by atoms with Gasteiger partial charge in [0, 0.05) is 16.1 Å². The number of amides is 3. The first-order chi connectivity index (χ1) is 13.3. The van der Waals surface area contributed by atoms with E-state index in [9.17, 15) is 9.59 Å². The van der Waals surface area contributed by atoms with Gasteiger partial charge in [-0.2, -0.15) is 0 Å². The van der Waals surface area contributed by atoms with Crippen molar-refractivity contribution in [1.82, 2.24) is 10.6 Å². The molecule has 5 nitrogen and oxygen atoms in total. The van der Waals surface area contributed by atoms with Crippen LogP contribution in [0.15, 0.2) is 24.3 Å². The Morgan fingerprint density at radius 1 is 1.04 bits per heavy atom. The standard InChI is InChI=1S/C22H30ClN3O2/c1-13(18-3-5-19(23)6-4-18)24-14(2)20(27)25-21(28)26-22-10-15-7-16(11-22)9-17(8-15)12-22/h3-6,13-17,24H,7-12H2,1-2H3,(H2,25,26,27,28)/p+1/t13-,14-,15?,16?,17?,22?/m1/s1. The highest BCUT2D eigenvalue weighted by Crippen LogP contribution is 2.55. The van der Waals surface area contributed by atoms with Gasteiger partial charge in [-0.1, -0.05) is 23.7 Å². The number of hydrogen-bond donors (Lipinski definition) is 3. The molecule has 4 aliphatic rings. The predicted molar refractivity (Wildman–Crippen MR) is 109 cm³/mol. The SMILES string of the molecule is C[C@@H]([NH2+][C@H](C)c1ccc(Cl)cc1)C(=O)NC(=O)NC12CC3CC(CC(C3)C1)C2. The summed E-state index contributed by atoms with van der Waals surface area (Å²) < 4.78 is 0. The zero-order chi connectivity index (χ0) is 19.9. The van der Waals surface area contributed by atoms with Crippen molar-refractivity contribution in [3.63, 3.8) is 0 Å². The molecule has 4 saturated carbocycles. The van der Waals surface area contributed by atoms with E-state index in [-0.39, 0.29) is 29.6 Å². The molecule has 4 aliphatic carbocycles. The van der Waals surface area contributed by atoms with Crippen molar-refractivity contribution in [2.45, 2.75) is 70.0 Å². The topological polar surface area (TPSA) is 74.8 Å². The minimum atomic E-state index is -0.354. The summed E-state index contributed by atoms with van der Waals surface area (Å²) in [4.78, 5) is 25.1. The average molecular weight is 405 g/mol. The van der Waals surface area contributed by atoms with Gasteiger partial charge in [0.25, 0.3) is 5.91 Å². The van der Waals surface area contributed by atoms with Crippen LogP contribution in [0.5, 0.6) is 0 Å². The smallest absolute Gasteiger partial charge is 0.322 e. The average Bonchev–Trinajstić information content (AvgIpc) is 2.60. The van der Waals surface area contributed by atoms with Crippen LogP contribution in [0.1, 0.15) is 64.0 Å². The van der Waals surface area contributed by atoms with Crippen molar-refractivity contribution in [2.75, 3.05) is 0 Å². The van der Waals surface area contributed by atoms with Gasteiger partial charge < -0.3 is 10.6 Å². The molecule has 0 aromatic heterocycles. The molecule has 4 bridgehead atoms. The van der Waals surface area contributed by atoms with Crippen LogP contribution in [0.2, 0.25) is 5.02 Å². The third-order valence-corrected chi connectivity index (χ3v) is 7.29. The number of carbonyl (C=O) groups is 2. The minimum absolute atomic E-state index is 0.0807. The zero-order valence-corrected chi connectivity index (χ0v) is 17.5. The Balaban J connectivity index is 1.29. The van der Waals surface area contributed by atoms with Crippen LogP contribution in [0, 0.1) is 17.8 Å². The summed E-state index contributed by atoms with van der Waals surface area (Å²) in [5, 5.41) is 8.45. The molecular formula is C22H31ClN3O2+.